The molecule has 0 amide bonds. The van der Waals surface area contributed by atoms with Crippen LogP contribution in [0.2, 0.25) is 0 Å². The van der Waals surface area contributed by atoms with Gasteiger partial charge in [-0.25, -0.2) is 0 Å². The Balaban J connectivity index is 1.01. The summed E-state index contributed by atoms with van der Waals surface area (Å²) < 4.78 is 0. The molecule has 0 fully saturated rings. The minimum absolute atomic E-state index is 0.903. The van der Waals surface area contributed by atoms with Crippen molar-refractivity contribution in [1.29, 1.82) is 0 Å². The molecular weight excluding hydrogens is 753 g/mol. The van der Waals surface area contributed by atoms with E-state index in [9.17, 15) is 0 Å². The molecule has 0 unspecified atom stereocenters. The van der Waals surface area contributed by atoms with Crippen molar-refractivity contribution in [3.63, 3.8) is 0 Å². The Labute approximate surface area is 362 Å². The zero-order valence-corrected chi connectivity index (χ0v) is 37.7. The average Bonchev–Trinajstić information content (AvgIpc) is 3.86. The van der Waals surface area contributed by atoms with Gasteiger partial charge in [-0.05, 0) is 177 Å². The Kier molecular flexibility index (Phi) is 13.4. The molecule has 0 N–H and O–H groups in total. The van der Waals surface area contributed by atoms with Gasteiger partial charge >= 0.3 is 0 Å². The van der Waals surface area contributed by atoms with Crippen LogP contribution in [0.4, 0.5) is 11.4 Å². The highest BCUT2D eigenvalue weighted by molar-refractivity contribution is 7.14. The summed E-state index contributed by atoms with van der Waals surface area (Å²) in [6, 6.07) is 31.2. The molecule has 0 radical (unpaired) electrons. The molecule has 0 atom stereocenters. The monoisotopic (exact) mass is 808 g/mol. The molecule has 2 heterocycles. The fourth-order valence-electron chi connectivity index (χ4n) is 7.85. The maximum absolute atomic E-state index is 3.53. The molecule has 2 aromatic heterocycles. The van der Waals surface area contributed by atoms with E-state index in [1.807, 2.05) is 0 Å². The molecule has 298 valence electrons. The largest absolute Gasteiger partial charge is 0.372 e. The van der Waals surface area contributed by atoms with Crippen LogP contribution in [0.15, 0.2) is 84.9 Å². The molecule has 4 aromatic carbocycles. The number of benzene rings is 4. The van der Waals surface area contributed by atoms with Gasteiger partial charge in [-0.1, -0.05) is 86.1 Å². The van der Waals surface area contributed by atoms with E-state index in [2.05, 4.69) is 198 Å². The number of thiophene rings is 2. The first-order chi connectivity index (χ1) is 28.7. The Morgan fingerprint density at radius 3 is 1.32 bits per heavy atom. The minimum Gasteiger partial charge on any atom is -0.372 e. The van der Waals surface area contributed by atoms with Gasteiger partial charge in [-0.3, -0.25) is 0 Å². The van der Waals surface area contributed by atoms with Crippen LogP contribution in [0.3, 0.4) is 0 Å². The number of hydrogen-bond acceptors (Lipinski definition) is 4. The predicted molar refractivity (Wildman–Crippen MR) is 261 cm³/mol. The summed E-state index contributed by atoms with van der Waals surface area (Å²) in [6.07, 6.45) is 12.2. The van der Waals surface area contributed by atoms with Gasteiger partial charge in [-0.15, -0.1) is 22.7 Å². The molecule has 0 saturated heterocycles. The Hall–Kier alpha value is -5.52. The van der Waals surface area contributed by atoms with Crippen molar-refractivity contribution in [2.24, 2.45) is 0 Å². The van der Waals surface area contributed by atoms with E-state index in [1.54, 1.807) is 22.7 Å². The number of fused-ring (bicyclic) bond motifs is 3. The standard InChI is InChI=1S/C55H56N2S2/c1-9-33-57(34-10-2)49-25-15-43(16-26-49)20-30-53-39(6)41(8)55(59-53)32-22-45-18-28-51-47(36-45)37-46-35-44(17-27-50(46)51)21-31-54-40(7)38(5)52(58-54)29-19-42-13-23-48(24-14-42)56(11-3)12-4/h13-20,23-30,35-36H,9-12,33-34,37H2,1-8H3/b29-19+,30-20+. The number of nitrogens with zero attached hydrogens (tertiary/aromatic N) is 2. The third kappa shape index (κ3) is 9.53. The summed E-state index contributed by atoms with van der Waals surface area (Å²) in [4.78, 5) is 9.66. The van der Waals surface area contributed by atoms with Crippen LogP contribution in [0.25, 0.3) is 35.4 Å². The van der Waals surface area contributed by atoms with Crippen LogP contribution in [-0.2, 0) is 6.42 Å². The molecule has 1 aliphatic carbocycles. The van der Waals surface area contributed by atoms with E-state index in [4.69, 9.17) is 0 Å². The summed E-state index contributed by atoms with van der Waals surface area (Å²) >= 11 is 3.57. The second kappa shape index (κ2) is 19.0. The van der Waals surface area contributed by atoms with Gasteiger partial charge in [0, 0.05) is 58.4 Å². The number of anilines is 2. The molecule has 0 bridgehead atoms. The van der Waals surface area contributed by atoms with Gasteiger partial charge in [0.1, 0.15) is 0 Å². The lowest BCUT2D eigenvalue weighted by molar-refractivity contribution is 0.745. The molecule has 2 nitrogen and oxygen atoms in total. The first-order valence-corrected chi connectivity index (χ1v) is 22.9. The molecule has 59 heavy (non-hydrogen) atoms. The van der Waals surface area contributed by atoms with Crippen LogP contribution in [0.1, 0.15) is 116 Å². The van der Waals surface area contributed by atoms with Crippen LogP contribution in [0, 0.1) is 51.4 Å². The third-order valence-electron chi connectivity index (χ3n) is 11.6. The van der Waals surface area contributed by atoms with E-state index in [-0.39, 0.29) is 0 Å². The molecular formula is C55H56N2S2. The molecule has 4 heteroatoms. The van der Waals surface area contributed by atoms with Crippen molar-refractivity contribution in [2.45, 2.75) is 74.7 Å². The molecule has 7 rings (SSSR count). The van der Waals surface area contributed by atoms with Crippen LogP contribution < -0.4 is 9.80 Å². The second-order valence-electron chi connectivity index (χ2n) is 15.5. The lowest BCUT2D eigenvalue weighted by atomic mass is 10.0. The molecule has 1 aliphatic rings. The SMILES string of the molecule is CCCN(CCC)c1ccc(/C=C/c2sc(C#Cc3ccc4c(c3)Cc3cc(C#Cc5sc(/C=C/c6ccc(N(CC)CC)cc6)c(C)c5C)ccc3-4)c(C)c2C)cc1. The van der Waals surface area contributed by atoms with Crippen molar-refractivity contribution < 1.29 is 0 Å². The average molecular weight is 809 g/mol. The number of rotatable bonds is 12. The Morgan fingerprint density at radius 2 is 0.915 bits per heavy atom. The molecule has 6 aromatic rings. The van der Waals surface area contributed by atoms with Crippen molar-refractivity contribution in [3.05, 3.63) is 160 Å². The van der Waals surface area contributed by atoms with Crippen molar-refractivity contribution in [2.75, 3.05) is 36.0 Å². The summed E-state index contributed by atoms with van der Waals surface area (Å²) in [5.41, 5.74) is 17.6. The minimum atomic E-state index is 0.903. The smallest absolute Gasteiger partial charge is 0.0810 e. The molecule has 0 aliphatic heterocycles. The van der Waals surface area contributed by atoms with Gasteiger partial charge in [0.15, 0.2) is 0 Å². The zero-order chi connectivity index (χ0) is 41.5. The maximum atomic E-state index is 3.53. The predicted octanol–water partition coefficient (Wildman–Crippen LogP) is 14.2. The fraction of sp³-hybridized carbons (Fsp3) is 0.273. The maximum Gasteiger partial charge on any atom is 0.0810 e. The fourth-order valence-corrected chi connectivity index (χ4v) is 9.99. The van der Waals surface area contributed by atoms with E-state index in [1.165, 1.54) is 76.8 Å². The van der Waals surface area contributed by atoms with Gasteiger partial charge in [0.2, 0.25) is 0 Å². The van der Waals surface area contributed by atoms with E-state index < -0.39 is 0 Å². The van der Waals surface area contributed by atoms with Crippen molar-refractivity contribution in [1.82, 2.24) is 0 Å². The third-order valence-corrected chi connectivity index (χ3v) is 14.2. The Bertz CT molecular complexity index is 2610. The topological polar surface area (TPSA) is 6.48 Å². The number of hydrogen-bond donors (Lipinski definition) is 0. The summed E-state index contributed by atoms with van der Waals surface area (Å²) in [5, 5.41) is 0. The lowest BCUT2D eigenvalue weighted by Gasteiger charge is -2.23. The van der Waals surface area contributed by atoms with Crippen LogP contribution >= 0.6 is 22.7 Å². The highest BCUT2D eigenvalue weighted by Crippen LogP contribution is 2.38. The van der Waals surface area contributed by atoms with Gasteiger partial charge in [-0.2, -0.15) is 0 Å². The highest BCUT2D eigenvalue weighted by atomic mass is 32.1. The molecule has 0 saturated carbocycles. The molecule has 0 spiro atoms. The lowest BCUT2D eigenvalue weighted by Crippen LogP contribution is -2.24. The van der Waals surface area contributed by atoms with Gasteiger partial charge in [0.05, 0.1) is 9.75 Å². The Morgan fingerprint density at radius 1 is 0.492 bits per heavy atom. The van der Waals surface area contributed by atoms with E-state index in [0.29, 0.717) is 0 Å². The quantitative estimate of drug-likeness (QED) is 0.113. The zero-order valence-electron chi connectivity index (χ0n) is 36.1. The van der Waals surface area contributed by atoms with Crippen LogP contribution in [-0.4, -0.2) is 26.2 Å². The van der Waals surface area contributed by atoms with Crippen LogP contribution in [0.5, 0.6) is 0 Å². The van der Waals surface area contributed by atoms with Crippen molar-refractivity contribution in [3.8, 4) is 34.8 Å². The first kappa shape index (κ1) is 41.6. The first-order valence-electron chi connectivity index (χ1n) is 21.3. The summed E-state index contributed by atoms with van der Waals surface area (Å²) in [5.74, 6) is 14.1. The summed E-state index contributed by atoms with van der Waals surface area (Å²) in [6.45, 7) is 21.9. The van der Waals surface area contributed by atoms with Gasteiger partial charge in [0.25, 0.3) is 0 Å². The highest BCUT2D eigenvalue weighted by Gasteiger charge is 2.19. The van der Waals surface area contributed by atoms with Gasteiger partial charge < -0.3 is 9.80 Å². The van der Waals surface area contributed by atoms with Crippen molar-refractivity contribution >= 4 is 58.4 Å². The van der Waals surface area contributed by atoms with E-state index >= 15 is 0 Å². The summed E-state index contributed by atoms with van der Waals surface area (Å²) in [7, 11) is 0. The normalized spacial score (nSPS) is 11.7. The second-order valence-corrected chi connectivity index (χ2v) is 17.6. The van der Waals surface area contributed by atoms with E-state index in [0.717, 1.165) is 66.3 Å².